The van der Waals surface area contributed by atoms with Gasteiger partial charge in [-0.25, -0.2) is 18.4 Å². The number of rotatable bonds is 9. The monoisotopic (exact) mass is 609 g/mol. The maximum atomic E-state index is 13.1. The molecular formula is C27H40ClN7O5S. The SMILES string of the molecule is COc1ccc(C(=O)NN2CCN(C(C)(C)C)CC2)cc1Nc1ncc(Cl)c(O[C@@H]2CCC[C@H]2N(C)S(C)(=O)=O)n1. The molecule has 226 valence electrons. The van der Waals surface area contributed by atoms with Crippen LogP contribution in [0.5, 0.6) is 11.6 Å². The number of ether oxygens (including phenoxy) is 2. The lowest BCUT2D eigenvalue weighted by Gasteiger charge is -2.42. The number of amides is 1. The van der Waals surface area contributed by atoms with Gasteiger partial charge in [0.1, 0.15) is 16.9 Å². The molecule has 1 aliphatic carbocycles. The molecule has 0 radical (unpaired) electrons. The van der Waals surface area contributed by atoms with Crippen molar-refractivity contribution in [2.45, 2.75) is 57.7 Å². The Morgan fingerprint density at radius 2 is 1.88 bits per heavy atom. The zero-order valence-corrected chi connectivity index (χ0v) is 26.0. The van der Waals surface area contributed by atoms with Gasteiger partial charge in [-0.15, -0.1) is 0 Å². The zero-order chi connectivity index (χ0) is 29.9. The van der Waals surface area contributed by atoms with Gasteiger partial charge in [0.15, 0.2) is 0 Å². The fraction of sp³-hybridized carbons (Fsp3) is 0.593. The lowest BCUT2D eigenvalue weighted by molar-refractivity contribution is 0.0341. The van der Waals surface area contributed by atoms with Gasteiger partial charge in [-0.2, -0.15) is 9.29 Å². The molecule has 2 aliphatic rings. The minimum Gasteiger partial charge on any atom is -0.495 e. The van der Waals surface area contributed by atoms with Gasteiger partial charge in [-0.3, -0.25) is 15.1 Å². The summed E-state index contributed by atoms with van der Waals surface area (Å²) in [4.78, 5) is 24.2. The van der Waals surface area contributed by atoms with E-state index in [9.17, 15) is 13.2 Å². The number of nitrogens with one attached hydrogen (secondary N) is 2. The lowest BCUT2D eigenvalue weighted by atomic mass is 10.1. The van der Waals surface area contributed by atoms with Crippen molar-refractivity contribution >= 4 is 39.2 Å². The fourth-order valence-corrected chi connectivity index (χ4v) is 5.98. The molecule has 14 heteroatoms. The van der Waals surface area contributed by atoms with Gasteiger partial charge in [0.2, 0.25) is 21.9 Å². The fourth-order valence-electron chi connectivity index (χ4n) is 5.11. The van der Waals surface area contributed by atoms with Crippen LogP contribution in [0.15, 0.2) is 24.4 Å². The number of hydrogen-bond acceptors (Lipinski definition) is 10. The van der Waals surface area contributed by atoms with E-state index >= 15 is 0 Å². The van der Waals surface area contributed by atoms with Gasteiger partial charge < -0.3 is 14.8 Å². The first kappa shape index (κ1) is 31.2. The zero-order valence-electron chi connectivity index (χ0n) is 24.5. The largest absolute Gasteiger partial charge is 0.495 e. The summed E-state index contributed by atoms with van der Waals surface area (Å²) in [6.45, 7) is 9.76. The lowest BCUT2D eigenvalue weighted by Crippen LogP contribution is -2.57. The van der Waals surface area contributed by atoms with Crippen molar-refractivity contribution in [2.75, 3.05) is 51.9 Å². The number of anilines is 2. The number of hydrogen-bond donors (Lipinski definition) is 2. The van der Waals surface area contributed by atoms with E-state index in [2.05, 4.69) is 46.4 Å². The third-order valence-electron chi connectivity index (χ3n) is 7.58. The molecule has 1 aliphatic heterocycles. The third-order valence-corrected chi connectivity index (χ3v) is 9.16. The van der Waals surface area contributed by atoms with Crippen molar-refractivity contribution < 1.29 is 22.7 Å². The quantitative estimate of drug-likeness (QED) is 0.437. The smallest absolute Gasteiger partial charge is 0.265 e. The maximum Gasteiger partial charge on any atom is 0.265 e. The molecule has 0 unspecified atom stereocenters. The van der Waals surface area contributed by atoms with Crippen LogP contribution in [0.25, 0.3) is 0 Å². The Hall–Kier alpha value is -2.71. The summed E-state index contributed by atoms with van der Waals surface area (Å²) in [5.41, 5.74) is 4.02. The molecule has 2 aromatic rings. The van der Waals surface area contributed by atoms with Crippen molar-refractivity contribution in [2.24, 2.45) is 0 Å². The number of sulfonamides is 1. The average Bonchev–Trinajstić information content (AvgIpc) is 3.37. The third kappa shape index (κ3) is 7.77. The van der Waals surface area contributed by atoms with Crippen molar-refractivity contribution in [3.05, 3.63) is 35.0 Å². The second-order valence-corrected chi connectivity index (χ2v) is 13.9. The summed E-state index contributed by atoms with van der Waals surface area (Å²) < 4.78 is 37.1. The summed E-state index contributed by atoms with van der Waals surface area (Å²) >= 11 is 6.35. The molecule has 0 spiro atoms. The van der Waals surface area contributed by atoms with E-state index in [0.717, 1.165) is 32.6 Å². The number of halogens is 1. The molecule has 1 aromatic heterocycles. The molecule has 1 saturated heterocycles. The first-order valence-electron chi connectivity index (χ1n) is 13.6. The Morgan fingerprint density at radius 1 is 1.17 bits per heavy atom. The van der Waals surface area contributed by atoms with Crippen LogP contribution in [0.1, 0.15) is 50.4 Å². The molecule has 4 rings (SSSR count). The van der Waals surface area contributed by atoms with E-state index in [1.807, 2.05) is 5.01 Å². The van der Waals surface area contributed by atoms with Crippen molar-refractivity contribution in [1.82, 2.24) is 29.6 Å². The van der Waals surface area contributed by atoms with Gasteiger partial charge in [-0.1, -0.05) is 11.6 Å². The minimum atomic E-state index is -3.38. The van der Waals surface area contributed by atoms with E-state index in [1.54, 1.807) is 25.2 Å². The second-order valence-electron chi connectivity index (χ2n) is 11.4. The number of aromatic nitrogens is 2. The van der Waals surface area contributed by atoms with Crippen LogP contribution in [-0.4, -0.2) is 103 Å². The molecule has 1 amide bonds. The van der Waals surface area contributed by atoms with Crippen LogP contribution < -0.4 is 20.2 Å². The number of hydrazine groups is 1. The van der Waals surface area contributed by atoms with E-state index in [1.165, 1.54) is 23.9 Å². The van der Waals surface area contributed by atoms with E-state index in [-0.39, 0.29) is 34.3 Å². The Balaban J connectivity index is 1.46. The van der Waals surface area contributed by atoms with Crippen LogP contribution in [-0.2, 0) is 10.0 Å². The van der Waals surface area contributed by atoms with E-state index in [4.69, 9.17) is 21.1 Å². The topological polar surface area (TPSA) is 129 Å². The number of likely N-dealkylation sites (N-methyl/N-ethyl adjacent to an activating group) is 1. The molecule has 1 saturated carbocycles. The number of benzene rings is 1. The standard InChI is InChI=1S/C27H40ClN7O5S/c1-27(2,3)34-12-14-35(15-13-34)32-24(36)18-10-11-22(39-5)20(16-18)30-26-29-17-19(28)25(31-26)40-23-9-7-8-21(23)33(4)41(6,37)38/h10-11,16-17,21,23H,7-9,12-15H2,1-6H3,(H,32,36)(H,29,30,31)/t21-,23-/m1/s1. The molecule has 2 N–H and O–H groups in total. The van der Waals surface area contributed by atoms with Crippen molar-refractivity contribution in [3.63, 3.8) is 0 Å². The van der Waals surface area contributed by atoms with E-state index < -0.39 is 16.1 Å². The highest BCUT2D eigenvalue weighted by Crippen LogP contribution is 2.33. The van der Waals surface area contributed by atoms with Gasteiger partial charge in [0, 0.05) is 44.3 Å². The Bertz CT molecular complexity index is 1350. The van der Waals surface area contributed by atoms with Gasteiger partial charge in [-0.05, 0) is 58.2 Å². The molecular weight excluding hydrogens is 570 g/mol. The summed E-state index contributed by atoms with van der Waals surface area (Å²) in [5, 5.41) is 5.24. The maximum absolute atomic E-state index is 13.1. The number of nitrogens with zero attached hydrogens (tertiary/aromatic N) is 5. The normalized spacial score (nSPS) is 20.7. The Kier molecular flexibility index (Phi) is 9.64. The minimum absolute atomic E-state index is 0.0899. The van der Waals surface area contributed by atoms with Crippen LogP contribution in [0, 0.1) is 0 Å². The molecule has 2 fully saturated rings. The number of carbonyl (C=O) groups excluding carboxylic acids is 1. The van der Waals surface area contributed by atoms with E-state index in [0.29, 0.717) is 29.8 Å². The van der Waals surface area contributed by atoms with Gasteiger partial charge in [0.25, 0.3) is 5.91 Å². The summed E-state index contributed by atoms with van der Waals surface area (Å²) in [5.74, 6) is 0.588. The van der Waals surface area contributed by atoms with Gasteiger partial charge in [0.05, 0.1) is 31.3 Å². The molecule has 41 heavy (non-hydrogen) atoms. The summed E-state index contributed by atoms with van der Waals surface area (Å²) in [6, 6.07) is 4.75. The highest BCUT2D eigenvalue weighted by Gasteiger charge is 2.36. The molecule has 1 aromatic carbocycles. The summed E-state index contributed by atoms with van der Waals surface area (Å²) in [7, 11) is -0.298. The van der Waals surface area contributed by atoms with Crippen LogP contribution in [0.2, 0.25) is 5.02 Å². The predicted molar refractivity (Wildman–Crippen MR) is 158 cm³/mol. The second kappa shape index (κ2) is 12.7. The number of piperazine rings is 1. The molecule has 12 nitrogen and oxygen atoms in total. The first-order chi connectivity index (χ1) is 19.3. The first-order valence-corrected chi connectivity index (χ1v) is 15.9. The molecule has 0 bridgehead atoms. The highest BCUT2D eigenvalue weighted by molar-refractivity contribution is 7.88. The Labute approximate surface area is 247 Å². The van der Waals surface area contributed by atoms with Gasteiger partial charge >= 0.3 is 0 Å². The van der Waals surface area contributed by atoms with Crippen molar-refractivity contribution in [3.8, 4) is 11.6 Å². The average molecular weight is 610 g/mol. The van der Waals surface area contributed by atoms with Crippen molar-refractivity contribution in [1.29, 1.82) is 0 Å². The van der Waals surface area contributed by atoms with Crippen LogP contribution in [0.3, 0.4) is 0 Å². The van der Waals surface area contributed by atoms with Crippen LogP contribution in [0.4, 0.5) is 11.6 Å². The molecule has 2 atom stereocenters. The summed E-state index contributed by atoms with van der Waals surface area (Å²) in [6.07, 6.45) is 4.36. The van der Waals surface area contributed by atoms with Crippen LogP contribution >= 0.6 is 11.6 Å². The highest BCUT2D eigenvalue weighted by atomic mass is 35.5. The number of methoxy groups -OCH3 is 1. The Morgan fingerprint density at radius 3 is 2.51 bits per heavy atom. The predicted octanol–water partition coefficient (Wildman–Crippen LogP) is 3.13. The molecule has 2 heterocycles. The number of carbonyl (C=O) groups is 1.